The van der Waals surface area contributed by atoms with Gasteiger partial charge in [0.15, 0.2) is 5.78 Å². The Balaban J connectivity index is 1.62. The molecule has 0 spiro atoms. The molecule has 134 valence electrons. The first-order valence-electron chi connectivity index (χ1n) is 9.78. The van der Waals surface area contributed by atoms with Gasteiger partial charge >= 0.3 is 0 Å². The number of benzene rings is 1. The van der Waals surface area contributed by atoms with E-state index < -0.39 is 0 Å². The molecular weight excluding hydrogens is 306 g/mol. The Bertz CT molecular complexity index is 742. The lowest BCUT2D eigenvalue weighted by Crippen LogP contribution is -2.10. The summed E-state index contributed by atoms with van der Waals surface area (Å²) in [7, 11) is 0. The zero-order valence-corrected chi connectivity index (χ0v) is 15.7. The number of hydrogen-bond acceptors (Lipinski definition) is 1. The highest BCUT2D eigenvalue weighted by molar-refractivity contribution is 5.99. The van der Waals surface area contributed by atoms with E-state index in [-0.39, 0.29) is 5.78 Å². The number of aromatic nitrogens is 1. The molecule has 1 aliphatic rings. The van der Waals surface area contributed by atoms with E-state index in [1.807, 2.05) is 19.1 Å². The van der Waals surface area contributed by atoms with Gasteiger partial charge in [0.1, 0.15) is 0 Å². The zero-order chi connectivity index (χ0) is 17.8. The van der Waals surface area contributed by atoms with E-state index >= 15 is 0 Å². The summed E-state index contributed by atoms with van der Waals surface area (Å²) >= 11 is 0. The van der Waals surface area contributed by atoms with E-state index in [9.17, 15) is 4.79 Å². The van der Waals surface area contributed by atoms with Crippen molar-refractivity contribution >= 4 is 16.7 Å². The molecule has 1 fully saturated rings. The minimum Gasteiger partial charge on any atom is -0.359 e. The molecule has 1 aliphatic carbocycles. The largest absolute Gasteiger partial charge is 0.359 e. The van der Waals surface area contributed by atoms with Crippen molar-refractivity contribution in [3.05, 3.63) is 48.2 Å². The number of Topliss-reactive ketones (excluding diaryl/α,β-unsaturated/α-hetero) is 1. The van der Waals surface area contributed by atoms with Crippen molar-refractivity contribution in [2.45, 2.75) is 58.8 Å². The number of allylic oxidation sites excluding steroid dienone is 1. The van der Waals surface area contributed by atoms with Gasteiger partial charge in [-0.05, 0) is 74.3 Å². The Morgan fingerprint density at radius 3 is 2.88 bits per heavy atom. The molecule has 2 aromatic rings. The van der Waals surface area contributed by atoms with E-state index in [2.05, 4.69) is 36.7 Å². The van der Waals surface area contributed by atoms with Crippen LogP contribution in [0.3, 0.4) is 0 Å². The summed E-state index contributed by atoms with van der Waals surface area (Å²) in [4.78, 5) is 16.0. The van der Waals surface area contributed by atoms with Crippen LogP contribution in [0.1, 0.15) is 67.9 Å². The van der Waals surface area contributed by atoms with Gasteiger partial charge in [0.25, 0.3) is 0 Å². The summed E-state index contributed by atoms with van der Waals surface area (Å²) in [5.74, 6) is 2.52. The van der Waals surface area contributed by atoms with E-state index in [1.54, 1.807) is 0 Å². The van der Waals surface area contributed by atoms with Crippen molar-refractivity contribution in [2.75, 3.05) is 0 Å². The quantitative estimate of drug-likeness (QED) is 0.366. The van der Waals surface area contributed by atoms with Crippen LogP contribution in [0, 0.1) is 24.7 Å². The summed E-state index contributed by atoms with van der Waals surface area (Å²) in [6, 6.07) is 8.17. The fraction of sp³-hybridized carbons (Fsp3) is 0.522. The minimum atomic E-state index is 0.284. The molecule has 2 heteroatoms. The number of aromatic amines is 1. The van der Waals surface area contributed by atoms with E-state index in [4.69, 9.17) is 0 Å². The van der Waals surface area contributed by atoms with Crippen LogP contribution in [0.5, 0.6) is 0 Å². The summed E-state index contributed by atoms with van der Waals surface area (Å²) in [5.41, 5.74) is 3.05. The van der Waals surface area contributed by atoms with Crippen LogP contribution in [0.15, 0.2) is 36.9 Å². The molecule has 25 heavy (non-hydrogen) atoms. The minimum absolute atomic E-state index is 0.284. The molecule has 1 saturated carbocycles. The van der Waals surface area contributed by atoms with Crippen molar-refractivity contribution in [1.29, 1.82) is 0 Å². The molecule has 1 aromatic heterocycles. The third-order valence-electron chi connectivity index (χ3n) is 5.83. The molecule has 0 unspecified atom stereocenters. The maximum atomic E-state index is 12.7. The number of rotatable bonds is 6. The van der Waals surface area contributed by atoms with Gasteiger partial charge in [-0.1, -0.05) is 31.6 Å². The lowest BCUT2D eigenvalue weighted by molar-refractivity contribution is 0.0970. The lowest BCUT2D eigenvalue weighted by atomic mass is 9.86. The molecule has 0 amide bonds. The van der Waals surface area contributed by atoms with Crippen LogP contribution in [0.4, 0.5) is 0 Å². The van der Waals surface area contributed by atoms with Crippen molar-refractivity contribution in [1.82, 2.24) is 4.98 Å². The number of H-pyrrole nitrogens is 1. The van der Waals surface area contributed by atoms with Gasteiger partial charge in [-0.3, -0.25) is 4.79 Å². The summed E-state index contributed by atoms with van der Waals surface area (Å²) in [5, 5.41) is 1.18. The Hall–Kier alpha value is -1.83. The molecular formula is C23H31NO. The number of fused-ring (bicyclic) bond motifs is 1. The van der Waals surface area contributed by atoms with Gasteiger partial charge in [-0.15, -0.1) is 6.58 Å². The Morgan fingerprint density at radius 2 is 2.08 bits per heavy atom. The Labute approximate surface area is 151 Å². The first-order chi connectivity index (χ1) is 12.0. The fourth-order valence-electron chi connectivity index (χ4n) is 4.50. The highest BCUT2D eigenvalue weighted by Gasteiger charge is 2.23. The monoisotopic (exact) mass is 337 g/mol. The number of hydrogen-bond donors (Lipinski definition) is 1. The van der Waals surface area contributed by atoms with Gasteiger partial charge in [0.2, 0.25) is 0 Å². The predicted octanol–water partition coefficient (Wildman–Crippen LogP) is 6.46. The predicted molar refractivity (Wildman–Crippen MR) is 106 cm³/mol. The second kappa shape index (κ2) is 8.03. The van der Waals surface area contributed by atoms with E-state index in [1.165, 1.54) is 31.1 Å². The number of carbonyl (C=O) groups is 1. The normalized spacial score (nSPS) is 24.2. The van der Waals surface area contributed by atoms with Gasteiger partial charge < -0.3 is 4.98 Å². The summed E-state index contributed by atoms with van der Waals surface area (Å²) in [6.45, 7) is 8.33. The first kappa shape index (κ1) is 18.0. The van der Waals surface area contributed by atoms with Crippen molar-refractivity contribution in [2.24, 2.45) is 17.8 Å². The molecule has 0 aliphatic heterocycles. The van der Waals surface area contributed by atoms with E-state index in [0.717, 1.165) is 41.5 Å². The van der Waals surface area contributed by atoms with Crippen molar-refractivity contribution in [3.8, 4) is 0 Å². The van der Waals surface area contributed by atoms with Crippen LogP contribution < -0.4 is 0 Å². The van der Waals surface area contributed by atoms with Crippen molar-refractivity contribution in [3.63, 3.8) is 0 Å². The molecule has 0 saturated heterocycles. The van der Waals surface area contributed by atoms with Gasteiger partial charge in [-0.2, -0.15) is 0 Å². The van der Waals surface area contributed by atoms with Crippen LogP contribution in [-0.2, 0) is 0 Å². The topological polar surface area (TPSA) is 32.9 Å². The summed E-state index contributed by atoms with van der Waals surface area (Å²) < 4.78 is 0. The maximum Gasteiger partial charge on any atom is 0.162 e. The zero-order valence-electron chi connectivity index (χ0n) is 15.7. The van der Waals surface area contributed by atoms with Crippen LogP contribution in [-0.4, -0.2) is 10.8 Å². The highest BCUT2D eigenvalue weighted by atomic mass is 16.1. The fourth-order valence-corrected chi connectivity index (χ4v) is 4.50. The smallest absolute Gasteiger partial charge is 0.162 e. The second-order valence-corrected chi connectivity index (χ2v) is 8.13. The molecule has 3 atom stereocenters. The van der Waals surface area contributed by atoms with Gasteiger partial charge in [0.05, 0.1) is 0 Å². The maximum absolute atomic E-state index is 12.7. The lowest BCUT2D eigenvalue weighted by Gasteiger charge is -2.19. The summed E-state index contributed by atoms with van der Waals surface area (Å²) in [6.07, 6.45) is 10.1. The molecule has 3 rings (SSSR count). The number of aryl methyl sites for hydroxylation is 1. The van der Waals surface area contributed by atoms with E-state index in [0.29, 0.717) is 12.3 Å². The first-order valence-corrected chi connectivity index (χ1v) is 9.78. The Morgan fingerprint density at radius 1 is 1.24 bits per heavy atom. The molecule has 1 heterocycles. The third-order valence-corrected chi connectivity index (χ3v) is 5.83. The van der Waals surface area contributed by atoms with Gasteiger partial charge in [-0.25, -0.2) is 0 Å². The molecule has 1 N–H and O–H groups in total. The highest BCUT2D eigenvalue weighted by Crippen LogP contribution is 2.35. The van der Waals surface area contributed by atoms with Gasteiger partial charge in [0, 0.05) is 23.2 Å². The van der Waals surface area contributed by atoms with Crippen molar-refractivity contribution < 1.29 is 4.79 Å². The SMILES string of the molecule is C=CC[C@@H]1CC[C@H](C)C[C@H](CCC(=O)c2ccc3cc(C)[nH]c3c2)C1. The third kappa shape index (κ3) is 4.62. The number of ketones is 1. The average molecular weight is 338 g/mol. The molecule has 0 bridgehead atoms. The van der Waals surface area contributed by atoms with Crippen LogP contribution in [0.2, 0.25) is 0 Å². The van der Waals surface area contributed by atoms with Crippen LogP contribution in [0.25, 0.3) is 10.9 Å². The molecule has 1 aromatic carbocycles. The van der Waals surface area contributed by atoms with Crippen LogP contribution >= 0.6 is 0 Å². The molecule has 0 radical (unpaired) electrons. The number of carbonyl (C=O) groups excluding carboxylic acids is 1. The number of nitrogens with one attached hydrogen (secondary N) is 1. The standard InChI is InChI=1S/C23H31NO/c1-4-5-18-7-6-16(2)12-19(14-18)8-11-23(25)21-10-9-20-13-17(3)24-22(20)15-21/h4,9-10,13,15-16,18-19,24H,1,5-8,11-12,14H2,2-3H3/t16-,18+,19-/m0/s1. The Kier molecular flexibility index (Phi) is 5.78. The molecule has 2 nitrogen and oxygen atoms in total. The average Bonchev–Trinajstić information content (AvgIpc) is 2.86. The second-order valence-electron chi connectivity index (χ2n) is 8.13.